The van der Waals surface area contributed by atoms with Crippen molar-refractivity contribution in [2.75, 3.05) is 0 Å². The standard InChI is InChI=1S/2C4H9.2C3H7.Ti/c2*1-3-4-2;2*1-3-2;/h2*1,3-4H2,2H3;2*3H,1-2H3;. The Hall–Kier alpha value is 0.714. The average molecular weight is 248 g/mol. The average Bonchev–Trinajstić information content (AvgIpc) is 2.17. The van der Waals surface area contributed by atoms with Crippen LogP contribution in [0.1, 0.15) is 67.2 Å². The van der Waals surface area contributed by atoms with Crippen molar-refractivity contribution in [3.63, 3.8) is 0 Å². The van der Waals surface area contributed by atoms with Gasteiger partial charge in [0.1, 0.15) is 0 Å². The minimum atomic E-state index is -1.55. The van der Waals surface area contributed by atoms with E-state index in [9.17, 15) is 0 Å². The van der Waals surface area contributed by atoms with Gasteiger partial charge in [0.15, 0.2) is 0 Å². The Morgan fingerprint density at radius 1 is 0.733 bits per heavy atom. The molecule has 0 saturated carbocycles. The fraction of sp³-hybridized carbons (Fsp3) is 1.00. The first-order valence-electron chi connectivity index (χ1n) is 7.01. The predicted octanol–water partition coefficient (Wildman–Crippen LogP) is 6.23. The summed E-state index contributed by atoms with van der Waals surface area (Å²) in [6.07, 6.45) is 5.75. The van der Waals surface area contributed by atoms with Gasteiger partial charge >= 0.3 is 102 Å². The van der Waals surface area contributed by atoms with E-state index in [-0.39, 0.29) is 0 Å². The summed E-state index contributed by atoms with van der Waals surface area (Å²) in [4.78, 5) is 0. The molecule has 0 heterocycles. The molecule has 0 aromatic carbocycles. The van der Waals surface area contributed by atoms with E-state index in [1.807, 2.05) is 0 Å². The van der Waals surface area contributed by atoms with Gasteiger partial charge in [0.2, 0.25) is 0 Å². The van der Waals surface area contributed by atoms with Gasteiger partial charge in [-0.3, -0.25) is 0 Å². The number of rotatable bonds is 8. The molecule has 1 heteroatoms. The molecule has 0 atom stereocenters. The van der Waals surface area contributed by atoms with E-state index in [1.165, 1.54) is 25.7 Å². The second kappa shape index (κ2) is 7.90. The van der Waals surface area contributed by atoms with Gasteiger partial charge in [-0.2, -0.15) is 0 Å². The number of hydrogen-bond donors (Lipinski definition) is 0. The second-order valence-electron chi connectivity index (χ2n) is 5.75. The van der Waals surface area contributed by atoms with E-state index in [0.717, 1.165) is 8.45 Å². The SMILES string of the molecule is CCC[CH2][Ti]([CH2]CCC)([CH](C)C)[CH](C)C. The minimum absolute atomic E-state index is 1.02. The van der Waals surface area contributed by atoms with E-state index in [1.54, 1.807) is 9.45 Å². The van der Waals surface area contributed by atoms with Gasteiger partial charge in [-0.25, -0.2) is 0 Å². The Bertz CT molecular complexity index is 131. The molecule has 0 fully saturated rings. The van der Waals surface area contributed by atoms with Crippen molar-refractivity contribution in [3.05, 3.63) is 0 Å². The van der Waals surface area contributed by atoms with Crippen molar-refractivity contribution >= 4 is 0 Å². The first-order valence-corrected chi connectivity index (χ1v) is 11.0. The van der Waals surface area contributed by atoms with Gasteiger partial charge in [0, 0.05) is 0 Å². The van der Waals surface area contributed by atoms with Crippen molar-refractivity contribution in [1.82, 2.24) is 0 Å². The third-order valence-corrected chi connectivity index (χ3v) is 15.5. The molecule has 0 nitrogen and oxygen atoms in total. The van der Waals surface area contributed by atoms with Gasteiger partial charge in [0.05, 0.1) is 0 Å². The molecule has 0 saturated heterocycles. The Morgan fingerprint density at radius 2 is 1.07 bits per heavy atom. The zero-order chi connectivity index (χ0) is 11.9. The maximum absolute atomic E-state index is 2.51. The molecular formula is C14H32Ti. The Balaban J connectivity index is 4.57. The van der Waals surface area contributed by atoms with Crippen LogP contribution >= 0.6 is 0 Å². The zero-order valence-electron chi connectivity index (χ0n) is 11.9. The fourth-order valence-electron chi connectivity index (χ4n) is 2.96. The van der Waals surface area contributed by atoms with Crippen molar-refractivity contribution < 1.29 is 16.6 Å². The van der Waals surface area contributed by atoms with Crippen LogP contribution in [-0.4, -0.2) is 0 Å². The summed E-state index contributed by atoms with van der Waals surface area (Å²) in [5.41, 5.74) is 0. The van der Waals surface area contributed by atoms with Crippen LogP contribution in [0, 0.1) is 0 Å². The molecule has 92 valence electrons. The van der Waals surface area contributed by atoms with Gasteiger partial charge in [-0.05, 0) is 0 Å². The van der Waals surface area contributed by atoms with Gasteiger partial charge in [-0.1, -0.05) is 0 Å². The molecule has 15 heavy (non-hydrogen) atoms. The quantitative estimate of drug-likeness (QED) is 0.446. The molecule has 0 radical (unpaired) electrons. The molecule has 0 aromatic heterocycles. The number of unbranched alkanes of at least 4 members (excludes halogenated alkanes) is 2. The molecule has 0 rings (SSSR count). The topological polar surface area (TPSA) is 0 Å². The van der Waals surface area contributed by atoms with E-state index in [2.05, 4.69) is 41.5 Å². The van der Waals surface area contributed by atoms with Gasteiger partial charge in [0.25, 0.3) is 0 Å². The predicted molar refractivity (Wildman–Crippen MR) is 69.6 cm³/mol. The van der Waals surface area contributed by atoms with E-state index < -0.39 is 16.6 Å². The first kappa shape index (κ1) is 15.7. The first-order chi connectivity index (χ1) is 7.01. The summed E-state index contributed by atoms with van der Waals surface area (Å²) in [6, 6.07) is 0. The molecule has 0 unspecified atom stereocenters. The molecule has 0 amide bonds. The van der Waals surface area contributed by atoms with E-state index in [0.29, 0.717) is 0 Å². The molecule has 0 N–H and O–H groups in total. The van der Waals surface area contributed by atoms with Crippen LogP contribution < -0.4 is 0 Å². The van der Waals surface area contributed by atoms with Crippen LogP contribution in [0.25, 0.3) is 0 Å². The molecule has 0 aromatic rings. The Morgan fingerprint density at radius 3 is 1.27 bits per heavy atom. The van der Waals surface area contributed by atoms with Crippen LogP contribution in [0.4, 0.5) is 0 Å². The molecule has 0 spiro atoms. The summed E-state index contributed by atoms with van der Waals surface area (Å²) < 4.78 is 5.27. The third-order valence-electron chi connectivity index (χ3n) is 4.29. The summed E-state index contributed by atoms with van der Waals surface area (Å²) in [7, 11) is 0. The summed E-state index contributed by atoms with van der Waals surface area (Å²) in [5.74, 6) is 0. The van der Waals surface area contributed by atoms with Crippen molar-refractivity contribution in [2.45, 2.75) is 85.1 Å². The summed E-state index contributed by atoms with van der Waals surface area (Å²) in [5, 5.41) is 0. The second-order valence-corrected chi connectivity index (χ2v) is 14.8. The summed E-state index contributed by atoms with van der Waals surface area (Å²) in [6.45, 7) is 14.7. The van der Waals surface area contributed by atoms with Crippen LogP contribution in [-0.2, 0) is 16.6 Å². The third kappa shape index (κ3) is 4.61. The van der Waals surface area contributed by atoms with Crippen LogP contribution in [0.3, 0.4) is 0 Å². The Labute approximate surface area is 102 Å². The van der Waals surface area contributed by atoms with Crippen molar-refractivity contribution in [1.29, 1.82) is 0 Å². The van der Waals surface area contributed by atoms with Crippen molar-refractivity contribution in [2.24, 2.45) is 0 Å². The molecule has 0 bridgehead atoms. The molecule has 0 aliphatic rings. The van der Waals surface area contributed by atoms with E-state index >= 15 is 0 Å². The number of hydrogen-bond acceptors (Lipinski definition) is 0. The van der Waals surface area contributed by atoms with E-state index in [4.69, 9.17) is 0 Å². The molecule has 0 aliphatic heterocycles. The van der Waals surface area contributed by atoms with Gasteiger partial charge in [-0.15, -0.1) is 0 Å². The molecule has 0 aliphatic carbocycles. The van der Waals surface area contributed by atoms with Crippen LogP contribution in [0.2, 0.25) is 17.9 Å². The Kier molecular flexibility index (Phi) is 8.28. The monoisotopic (exact) mass is 248 g/mol. The summed E-state index contributed by atoms with van der Waals surface area (Å²) >= 11 is -1.55. The maximum atomic E-state index is 2.51. The van der Waals surface area contributed by atoms with Crippen LogP contribution in [0.5, 0.6) is 0 Å². The zero-order valence-corrected chi connectivity index (χ0v) is 13.5. The van der Waals surface area contributed by atoms with Crippen molar-refractivity contribution in [3.8, 4) is 0 Å². The normalized spacial score (nSPS) is 12.8. The fourth-order valence-corrected chi connectivity index (χ4v) is 12.2. The van der Waals surface area contributed by atoms with Crippen LogP contribution in [0.15, 0.2) is 0 Å². The molecular weight excluding hydrogens is 216 g/mol. The van der Waals surface area contributed by atoms with Gasteiger partial charge < -0.3 is 0 Å².